The quantitative estimate of drug-likeness (QED) is 0.618. The van der Waals surface area contributed by atoms with Crippen LogP contribution in [0.4, 0.5) is 10.1 Å². The summed E-state index contributed by atoms with van der Waals surface area (Å²) in [7, 11) is -3.07. The summed E-state index contributed by atoms with van der Waals surface area (Å²) in [5.74, 6) is -1.88. The molecule has 0 spiro atoms. The van der Waals surface area contributed by atoms with E-state index in [9.17, 15) is 28.0 Å². The molecule has 3 aromatic carbocycles. The molecular formula is C21H15FN2O5S. The Bertz CT molecular complexity index is 1280. The Labute approximate surface area is 172 Å². The Balaban J connectivity index is 2.15. The molecule has 0 unspecified atom stereocenters. The van der Waals surface area contributed by atoms with E-state index in [1.165, 1.54) is 55.6 Å². The third kappa shape index (κ3) is 4.24. The van der Waals surface area contributed by atoms with Gasteiger partial charge in [-0.25, -0.2) is 17.6 Å². The van der Waals surface area contributed by atoms with Gasteiger partial charge >= 0.3 is 5.97 Å². The number of aromatic carboxylic acids is 1. The molecule has 9 heteroatoms. The Hall–Kier alpha value is -3.90. The SMILES string of the molecule is COc1ccc(C(=O)O)cc1S(=O)(=O)Nc1cc(C#N)ccc1-c1cccc(F)c1. The molecule has 0 saturated heterocycles. The van der Waals surface area contributed by atoms with Crippen LogP contribution in [0, 0.1) is 17.1 Å². The average Bonchev–Trinajstić information content (AvgIpc) is 2.72. The summed E-state index contributed by atoms with van der Waals surface area (Å²) < 4.78 is 47.2. The van der Waals surface area contributed by atoms with Gasteiger partial charge in [-0.3, -0.25) is 4.72 Å². The minimum atomic E-state index is -4.32. The molecule has 0 aliphatic rings. The molecule has 0 fully saturated rings. The predicted octanol–water partition coefficient (Wildman–Crippen LogP) is 3.87. The molecule has 3 rings (SSSR count). The van der Waals surface area contributed by atoms with Crippen LogP contribution < -0.4 is 9.46 Å². The molecular weight excluding hydrogens is 411 g/mol. The normalized spacial score (nSPS) is 10.8. The molecule has 0 atom stereocenters. The monoisotopic (exact) mass is 426 g/mol. The van der Waals surface area contributed by atoms with Crippen LogP contribution >= 0.6 is 0 Å². The van der Waals surface area contributed by atoms with Crippen LogP contribution in [0.25, 0.3) is 11.1 Å². The van der Waals surface area contributed by atoms with Crippen molar-refractivity contribution >= 4 is 21.7 Å². The minimum absolute atomic E-state index is 0.0300. The standard InChI is InChI=1S/C21H15FN2O5S/c1-29-19-8-6-15(21(25)26)11-20(19)30(27,28)24-18-9-13(12-23)5-7-17(18)14-3-2-4-16(22)10-14/h2-11,24H,1H3,(H,25,26). The number of hydrogen-bond acceptors (Lipinski definition) is 5. The van der Waals surface area contributed by atoms with Crippen LogP contribution in [0.3, 0.4) is 0 Å². The van der Waals surface area contributed by atoms with Gasteiger partial charge in [0.05, 0.1) is 30.0 Å². The van der Waals surface area contributed by atoms with Crippen LogP contribution in [0.5, 0.6) is 5.75 Å². The fourth-order valence-corrected chi connectivity index (χ4v) is 4.09. The average molecular weight is 426 g/mol. The van der Waals surface area contributed by atoms with E-state index < -0.39 is 26.7 Å². The molecule has 0 aliphatic heterocycles. The summed E-state index contributed by atoms with van der Waals surface area (Å²) >= 11 is 0. The summed E-state index contributed by atoms with van der Waals surface area (Å²) in [5, 5.41) is 18.4. The van der Waals surface area contributed by atoms with Gasteiger partial charge in [0.2, 0.25) is 0 Å². The number of carbonyl (C=O) groups is 1. The first kappa shape index (κ1) is 20.8. The maximum absolute atomic E-state index is 13.7. The number of rotatable bonds is 6. The lowest BCUT2D eigenvalue weighted by Crippen LogP contribution is -2.16. The van der Waals surface area contributed by atoms with Gasteiger partial charge in [0, 0.05) is 5.56 Å². The molecule has 0 radical (unpaired) electrons. The third-order valence-electron chi connectivity index (χ3n) is 4.23. The lowest BCUT2D eigenvalue weighted by atomic mass is 10.0. The van der Waals surface area contributed by atoms with E-state index in [2.05, 4.69) is 4.72 Å². The van der Waals surface area contributed by atoms with E-state index in [4.69, 9.17) is 4.74 Å². The van der Waals surface area contributed by atoms with Crippen molar-refractivity contribution in [2.24, 2.45) is 0 Å². The molecule has 152 valence electrons. The third-order valence-corrected chi connectivity index (χ3v) is 5.62. The van der Waals surface area contributed by atoms with E-state index in [1.54, 1.807) is 6.07 Å². The molecule has 2 N–H and O–H groups in total. The number of halogens is 1. The Morgan fingerprint density at radius 2 is 1.90 bits per heavy atom. The Morgan fingerprint density at radius 1 is 1.13 bits per heavy atom. The van der Waals surface area contributed by atoms with E-state index in [0.717, 1.165) is 6.07 Å². The zero-order valence-corrected chi connectivity index (χ0v) is 16.4. The fraction of sp³-hybridized carbons (Fsp3) is 0.0476. The van der Waals surface area contributed by atoms with Crippen molar-refractivity contribution in [2.45, 2.75) is 4.90 Å². The number of carboxylic acids is 1. The van der Waals surface area contributed by atoms with Gasteiger partial charge in [-0.2, -0.15) is 5.26 Å². The summed E-state index contributed by atoms with van der Waals surface area (Å²) in [4.78, 5) is 10.9. The first-order valence-electron chi connectivity index (χ1n) is 8.49. The van der Waals surface area contributed by atoms with Gasteiger partial charge in [-0.05, 0) is 48.0 Å². The number of hydrogen-bond donors (Lipinski definition) is 2. The lowest BCUT2D eigenvalue weighted by molar-refractivity contribution is 0.0696. The van der Waals surface area contributed by atoms with Crippen molar-refractivity contribution in [3.05, 3.63) is 77.6 Å². The van der Waals surface area contributed by atoms with Crippen LogP contribution in [0.15, 0.2) is 65.6 Å². The molecule has 7 nitrogen and oxygen atoms in total. The molecule has 0 saturated carbocycles. The molecule has 0 bridgehead atoms. The lowest BCUT2D eigenvalue weighted by Gasteiger charge is -2.15. The van der Waals surface area contributed by atoms with E-state index in [-0.39, 0.29) is 22.6 Å². The summed E-state index contributed by atoms with van der Waals surface area (Å²) in [5.41, 5.74) is 0.697. The number of nitrogens with zero attached hydrogens (tertiary/aromatic N) is 1. The highest BCUT2D eigenvalue weighted by molar-refractivity contribution is 7.92. The second-order valence-electron chi connectivity index (χ2n) is 6.16. The molecule has 0 heterocycles. The number of carboxylic acid groups (broad SMARTS) is 1. The number of nitrogens with one attached hydrogen (secondary N) is 1. The van der Waals surface area contributed by atoms with E-state index in [0.29, 0.717) is 11.1 Å². The highest BCUT2D eigenvalue weighted by atomic mass is 32.2. The summed E-state index contributed by atoms with van der Waals surface area (Å²) in [6.07, 6.45) is 0. The smallest absolute Gasteiger partial charge is 0.335 e. The van der Waals surface area contributed by atoms with Gasteiger partial charge in [0.1, 0.15) is 16.5 Å². The first-order chi connectivity index (χ1) is 14.2. The summed E-state index contributed by atoms with van der Waals surface area (Å²) in [6.45, 7) is 0. The van der Waals surface area contributed by atoms with E-state index >= 15 is 0 Å². The van der Waals surface area contributed by atoms with Crippen molar-refractivity contribution in [1.82, 2.24) is 0 Å². The van der Waals surface area contributed by atoms with Crippen LogP contribution in [0.2, 0.25) is 0 Å². The zero-order chi connectivity index (χ0) is 21.9. The predicted molar refractivity (Wildman–Crippen MR) is 107 cm³/mol. The van der Waals surface area contributed by atoms with Gasteiger partial charge < -0.3 is 9.84 Å². The van der Waals surface area contributed by atoms with Crippen LogP contribution in [-0.2, 0) is 10.0 Å². The molecule has 0 amide bonds. The number of methoxy groups -OCH3 is 1. The molecule has 0 aromatic heterocycles. The highest BCUT2D eigenvalue weighted by Gasteiger charge is 2.23. The Morgan fingerprint density at radius 3 is 2.53 bits per heavy atom. The molecule has 3 aromatic rings. The number of anilines is 1. The van der Waals surface area contributed by atoms with Crippen molar-refractivity contribution in [3.8, 4) is 22.9 Å². The second-order valence-corrected chi connectivity index (χ2v) is 7.81. The number of benzene rings is 3. The largest absolute Gasteiger partial charge is 0.495 e. The topological polar surface area (TPSA) is 116 Å². The highest BCUT2D eigenvalue weighted by Crippen LogP contribution is 2.33. The fourth-order valence-electron chi connectivity index (χ4n) is 2.83. The summed E-state index contributed by atoms with van der Waals surface area (Å²) in [6, 6.07) is 15.2. The van der Waals surface area contributed by atoms with Crippen LogP contribution in [0.1, 0.15) is 15.9 Å². The van der Waals surface area contributed by atoms with Gasteiger partial charge in [-0.15, -0.1) is 0 Å². The van der Waals surface area contributed by atoms with Gasteiger partial charge in [0.15, 0.2) is 0 Å². The zero-order valence-electron chi connectivity index (χ0n) is 15.6. The Kier molecular flexibility index (Phi) is 5.71. The van der Waals surface area contributed by atoms with Gasteiger partial charge in [0.25, 0.3) is 10.0 Å². The van der Waals surface area contributed by atoms with Crippen molar-refractivity contribution in [2.75, 3.05) is 11.8 Å². The maximum atomic E-state index is 13.7. The van der Waals surface area contributed by atoms with Crippen molar-refractivity contribution in [3.63, 3.8) is 0 Å². The number of ether oxygens (including phenoxy) is 1. The minimum Gasteiger partial charge on any atom is -0.495 e. The van der Waals surface area contributed by atoms with Gasteiger partial charge in [-0.1, -0.05) is 18.2 Å². The second kappa shape index (κ2) is 8.23. The maximum Gasteiger partial charge on any atom is 0.335 e. The molecule has 0 aliphatic carbocycles. The van der Waals surface area contributed by atoms with E-state index in [1.807, 2.05) is 6.07 Å². The van der Waals surface area contributed by atoms with Crippen LogP contribution in [-0.4, -0.2) is 26.6 Å². The van der Waals surface area contributed by atoms with Crippen molar-refractivity contribution < 1.29 is 27.4 Å². The van der Waals surface area contributed by atoms with Crippen molar-refractivity contribution in [1.29, 1.82) is 5.26 Å². The number of nitriles is 1. The first-order valence-corrected chi connectivity index (χ1v) is 9.97. The number of sulfonamides is 1. The molecule has 30 heavy (non-hydrogen) atoms.